The van der Waals surface area contributed by atoms with Crippen molar-refractivity contribution in [2.45, 2.75) is 39.8 Å². The van der Waals surface area contributed by atoms with Crippen molar-refractivity contribution in [1.29, 1.82) is 0 Å². The Kier molecular flexibility index (Phi) is 8.74. The Labute approximate surface area is 208 Å². The highest BCUT2D eigenvalue weighted by atomic mass is 31.2. The Morgan fingerprint density at radius 2 is 0.676 bits per heavy atom. The van der Waals surface area contributed by atoms with Crippen LogP contribution >= 0.6 is 15.6 Å². The average Bonchev–Trinajstić information content (AvgIpc) is 2.86. The first-order chi connectivity index (χ1) is 16.6. The Hall–Kier alpha value is -2.24. The summed E-state index contributed by atoms with van der Waals surface area (Å²) in [4.78, 5) is 2.79. The van der Waals surface area contributed by atoms with E-state index < -0.39 is 15.6 Å². The molecule has 0 spiro atoms. The summed E-state index contributed by atoms with van der Waals surface area (Å²) in [5.74, 6) is 0. The minimum atomic E-state index is -0.650. The first-order valence-electron chi connectivity index (χ1n) is 12.1. The fourth-order valence-corrected chi connectivity index (χ4v) is 12.5. The molecule has 0 amide bonds. The van der Waals surface area contributed by atoms with Crippen LogP contribution in [0, 0.1) is 0 Å². The molecule has 0 saturated heterocycles. The highest BCUT2D eigenvalue weighted by Crippen LogP contribution is 2.55. The van der Waals surface area contributed by atoms with Crippen molar-refractivity contribution in [3.8, 4) is 0 Å². The maximum Gasteiger partial charge on any atom is 0.301 e. The summed E-state index contributed by atoms with van der Waals surface area (Å²) in [5.41, 5.74) is 0. The lowest BCUT2D eigenvalue weighted by atomic mass is 10.1. The van der Waals surface area contributed by atoms with E-state index in [4.69, 9.17) is 0 Å². The van der Waals surface area contributed by atoms with E-state index in [1.54, 1.807) is 0 Å². The van der Waals surface area contributed by atoms with Crippen molar-refractivity contribution in [3.63, 3.8) is 0 Å². The SMILES string of the molecule is CC(C)N(B(P(c1ccccc1)c1ccccc1)P(c1ccccc1)c1ccccc1)C(C)C. The third kappa shape index (κ3) is 5.69. The lowest BCUT2D eigenvalue weighted by Crippen LogP contribution is -2.51. The van der Waals surface area contributed by atoms with Gasteiger partial charge in [-0.3, -0.25) is 0 Å². The molecule has 4 rings (SSSR count). The van der Waals surface area contributed by atoms with Crippen molar-refractivity contribution < 1.29 is 0 Å². The van der Waals surface area contributed by atoms with E-state index in [0.717, 1.165) is 0 Å². The van der Waals surface area contributed by atoms with E-state index in [9.17, 15) is 0 Å². The molecule has 34 heavy (non-hydrogen) atoms. The second kappa shape index (κ2) is 11.9. The molecule has 0 aliphatic rings. The van der Waals surface area contributed by atoms with Gasteiger partial charge in [-0.05, 0) is 33.3 Å². The molecule has 1 nitrogen and oxygen atoms in total. The van der Waals surface area contributed by atoms with Crippen LogP contribution < -0.4 is 21.2 Å². The van der Waals surface area contributed by atoms with Crippen molar-refractivity contribution in [2.24, 2.45) is 0 Å². The summed E-state index contributed by atoms with van der Waals surface area (Å²) >= 11 is 0. The Morgan fingerprint density at radius 1 is 0.441 bits per heavy atom. The van der Waals surface area contributed by atoms with E-state index in [1.807, 2.05) is 0 Å². The first-order valence-corrected chi connectivity index (χ1v) is 15.0. The van der Waals surface area contributed by atoms with E-state index >= 15 is 0 Å². The predicted octanol–water partition coefficient (Wildman–Crippen LogP) is 6.36. The van der Waals surface area contributed by atoms with Crippen LogP contribution in [0.25, 0.3) is 0 Å². The molecule has 0 N–H and O–H groups in total. The predicted molar refractivity (Wildman–Crippen MR) is 156 cm³/mol. The molecule has 0 heterocycles. The molecule has 0 bridgehead atoms. The number of benzene rings is 4. The van der Waals surface area contributed by atoms with Crippen LogP contribution in [0.15, 0.2) is 121 Å². The number of rotatable bonds is 9. The van der Waals surface area contributed by atoms with Gasteiger partial charge in [-0.1, -0.05) is 165 Å². The van der Waals surface area contributed by atoms with Crippen LogP contribution in [0.2, 0.25) is 0 Å². The molecule has 4 heteroatoms. The Bertz CT molecular complexity index is 952. The molecule has 0 saturated carbocycles. The van der Waals surface area contributed by atoms with Crippen LogP contribution in [-0.4, -0.2) is 23.2 Å². The van der Waals surface area contributed by atoms with Gasteiger partial charge < -0.3 is 4.81 Å². The number of hydrogen-bond donors (Lipinski definition) is 0. The number of nitrogens with zero attached hydrogens (tertiary/aromatic N) is 1. The monoisotopic (exact) mass is 481 g/mol. The van der Waals surface area contributed by atoms with Gasteiger partial charge in [0.1, 0.15) is 0 Å². The van der Waals surface area contributed by atoms with Crippen molar-refractivity contribution >= 4 is 43.1 Å². The molecule has 0 fully saturated rings. The van der Waals surface area contributed by atoms with Gasteiger partial charge in [0, 0.05) is 0 Å². The molecule has 0 atom stereocenters. The third-order valence-electron chi connectivity index (χ3n) is 6.06. The maximum atomic E-state index is 2.79. The van der Waals surface area contributed by atoms with Crippen LogP contribution in [0.5, 0.6) is 0 Å². The zero-order valence-electron chi connectivity index (χ0n) is 20.6. The fraction of sp³-hybridized carbons (Fsp3) is 0.200. The summed E-state index contributed by atoms with van der Waals surface area (Å²) in [5, 5.41) is 5.78. The van der Waals surface area contributed by atoms with Gasteiger partial charge >= 0.3 is 6.29 Å². The van der Waals surface area contributed by atoms with E-state index in [-0.39, 0.29) is 0 Å². The molecule has 0 aromatic heterocycles. The second-order valence-electron chi connectivity index (χ2n) is 9.06. The first kappa shape index (κ1) is 24.9. The van der Waals surface area contributed by atoms with Gasteiger partial charge in [0.2, 0.25) is 0 Å². The quantitative estimate of drug-likeness (QED) is 0.199. The second-order valence-corrected chi connectivity index (χ2v) is 14.0. The lowest BCUT2D eigenvalue weighted by molar-refractivity contribution is 0.315. The Balaban J connectivity index is 2.02. The van der Waals surface area contributed by atoms with Crippen molar-refractivity contribution in [2.75, 3.05) is 0 Å². The molecule has 4 aromatic rings. The zero-order chi connectivity index (χ0) is 23.9. The van der Waals surface area contributed by atoms with Gasteiger partial charge in [0.05, 0.1) is 0 Å². The molecule has 172 valence electrons. The molecule has 4 aromatic carbocycles. The number of hydrogen-bond acceptors (Lipinski definition) is 1. The fourth-order valence-electron chi connectivity index (χ4n) is 4.70. The van der Waals surface area contributed by atoms with Gasteiger partial charge in [-0.25, -0.2) is 0 Å². The average molecular weight is 481 g/mol. The smallest absolute Gasteiger partial charge is 0.301 e. The van der Waals surface area contributed by atoms with Crippen molar-refractivity contribution in [3.05, 3.63) is 121 Å². The summed E-state index contributed by atoms with van der Waals surface area (Å²) in [6, 6.07) is 45.7. The summed E-state index contributed by atoms with van der Waals surface area (Å²) in [6.07, 6.45) is 0.361. The van der Waals surface area contributed by atoms with E-state index in [2.05, 4.69) is 154 Å². The van der Waals surface area contributed by atoms with Gasteiger partial charge in [0.25, 0.3) is 0 Å². The molecule has 0 aliphatic carbocycles. The van der Waals surface area contributed by atoms with Gasteiger partial charge in [0.15, 0.2) is 0 Å². The van der Waals surface area contributed by atoms with Gasteiger partial charge in [-0.15, -0.1) is 0 Å². The van der Waals surface area contributed by atoms with Crippen LogP contribution in [-0.2, 0) is 0 Å². The molecular weight excluding hydrogens is 447 g/mol. The molecule has 0 radical (unpaired) electrons. The third-order valence-corrected chi connectivity index (χ3v) is 12.3. The maximum absolute atomic E-state index is 2.79. The lowest BCUT2D eigenvalue weighted by Gasteiger charge is -2.44. The minimum Gasteiger partial charge on any atom is -0.329 e. The molecule has 0 aliphatic heterocycles. The van der Waals surface area contributed by atoms with Crippen LogP contribution in [0.3, 0.4) is 0 Å². The topological polar surface area (TPSA) is 3.24 Å². The van der Waals surface area contributed by atoms with E-state index in [0.29, 0.717) is 18.4 Å². The van der Waals surface area contributed by atoms with E-state index in [1.165, 1.54) is 21.2 Å². The van der Waals surface area contributed by atoms with Gasteiger partial charge in [-0.2, -0.15) is 0 Å². The standard InChI is InChI=1S/C30H34BNP2/c1-25(2)32(26(3)4)31(33(27-17-9-5-10-18-27)28-19-11-6-12-20-28)34(29-21-13-7-14-22-29)30-23-15-8-16-24-30/h5-26H,1-4H3. The highest BCUT2D eigenvalue weighted by molar-refractivity contribution is 8.28. The summed E-state index contributed by atoms with van der Waals surface area (Å²) in [7, 11) is -1.30. The highest BCUT2D eigenvalue weighted by Gasteiger charge is 2.43. The summed E-state index contributed by atoms with van der Waals surface area (Å²) in [6.45, 7) is 9.44. The molecular formula is C30H34BNP2. The molecule has 0 unspecified atom stereocenters. The normalized spacial score (nSPS) is 11.7. The van der Waals surface area contributed by atoms with Crippen molar-refractivity contribution in [1.82, 2.24) is 4.81 Å². The van der Waals surface area contributed by atoms with Crippen LogP contribution in [0.4, 0.5) is 0 Å². The Morgan fingerprint density at radius 3 is 0.882 bits per heavy atom. The zero-order valence-corrected chi connectivity index (χ0v) is 22.4. The minimum absolute atomic E-state index is 0.361. The van der Waals surface area contributed by atoms with Crippen LogP contribution in [0.1, 0.15) is 27.7 Å². The summed E-state index contributed by atoms with van der Waals surface area (Å²) < 4.78 is 0. The largest absolute Gasteiger partial charge is 0.329 e.